The number of benzene rings is 1. The van der Waals surface area contributed by atoms with Crippen molar-refractivity contribution < 1.29 is 9.59 Å². The van der Waals surface area contributed by atoms with E-state index in [1.54, 1.807) is 0 Å². The number of piperazine rings is 1. The van der Waals surface area contributed by atoms with Crippen LogP contribution in [0.1, 0.15) is 19.3 Å². The van der Waals surface area contributed by atoms with E-state index in [1.165, 1.54) is 5.69 Å². The number of likely N-dealkylation sites (tertiary alicyclic amines) is 1. The summed E-state index contributed by atoms with van der Waals surface area (Å²) in [6.45, 7) is 6.23. The van der Waals surface area contributed by atoms with Crippen LogP contribution >= 0.6 is 0 Å². The van der Waals surface area contributed by atoms with E-state index in [2.05, 4.69) is 39.4 Å². The maximum absolute atomic E-state index is 12.3. The predicted molar refractivity (Wildman–Crippen MR) is 101 cm³/mol. The molecular formula is C20H28N4O2. The molecule has 2 saturated heterocycles. The first kappa shape index (κ1) is 17.3. The summed E-state index contributed by atoms with van der Waals surface area (Å²) in [6, 6.07) is 10.9. The molecule has 3 aliphatic rings. The Kier molecular flexibility index (Phi) is 5.11. The molecule has 0 spiro atoms. The largest absolute Gasteiger partial charge is 0.369 e. The molecule has 0 aromatic heterocycles. The van der Waals surface area contributed by atoms with Crippen molar-refractivity contribution in [3.8, 4) is 0 Å². The SMILES string of the molecule is O=C(NCCN1CCN(c2ccccc2)CC1)[C@@H]1CC(=O)N(C2CC2)C1. The molecule has 1 N–H and O–H groups in total. The Hall–Kier alpha value is -2.08. The molecule has 6 heteroatoms. The number of nitrogens with one attached hydrogen (secondary N) is 1. The molecule has 0 radical (unpaired) electrons. The van der Waals surface area contributed by atoms with E-state index in [4.69, 9.17) is 0 Å². The fourth-order valence-electron chi connectivity index (χ4n) is 4.00. The molecule has 1 atom stereocenters. The van der Waals surface area contributed by atoms with Gasteiger partial charge in [-0.3, -0.25) is 14.5 Å². The van der Waals surface area contributed by atoms with E-state index in [0.29, 0.717) is 25.6 Å². The fraction of sp³-hybridized carbons (Fsp3) is 0.600. The zero-order valence-corrected chi connectivity index (χ0v) is 15.3. The van der Waals surface area contributed by atoms with Crippen LogP contribution in [0, 0.1) is 5.92 Å². The topological polar surface area (TPSA) is 55.9 Å². The summed E-state index contributed by atoms with van der Waals surface area (Å²) in [6.07, 6.45) is 2.60. The van der Waals surface area contributed by atoms with Gasteiger partial charge in [-0.1, -0.05) is 18.2 Å². The first-order valence-electron chi connectivity index (χ1n) is 9.80. The quantitative estimate of drug-likeness (QED) is 0.824. The van der Waals surface area contributed by atoms with Gasteiger partial charge in [0.1, 0.15) is 0 Å². The van der Waals surface area contributed by atoms with Crippen LogP contribution in [0.2, 0.25) is 0 Å². The van der Waals surface area contributed by atoms with Crippen LogP contribution in [0.15, 0.2) is 30.3 Å². The summed E-state index contributed by atoms with van der Waals surface area (Å²) < 4.78 is 0. The minimum Gasteiger partial charge on any atom is -0.369 e. The van der Waals surface area contributed by atoms with Gasteiger partial charge in [0.15, 0.2) is 0 Å². The normalized spacial score (nSPS) is 24.2. The summed E-state index contributed by atoms with van der Waals surface area (Å²) in [5, 5.41) is 3.04. The highest BCUT2D eigenvalue weighted by Gasteiger charge is 2.41. The van der Waals surface area contributed by atoms with Crippen molar-refractivity contribution in [3.05, 3.63) is 30.3 Å². The highest BCUT2D eigenvalue weighted by Crippen LogP contribution is 2.32. The Bertz CT molecular complexity index is 638. The van der Waals surface area contributed by atoms with E-state index in [1.807, 2.05) is 11.0 Å². The van der Waals surface area contributed by atoms with Crippen molar-refractivity contribution in [2.24, 2.45) is 5.92 Å². The molecule has 0 unspecified atom stereocenters. The molecule has 3 fully saturated rings. The second kappa shape index (κ2) is 7.66. The minimum absolute atomic E-state index is 0.0458. The highest BCUT2D eigenvalue weighted by molar-refractivity contribution is 5.89. The summed E-state index contributed by atoms with van der Waals surface area (Å²) >= 11 is 0. The van der Waals surface area contributed by atoms with Gasteiger partial charge in [-0.2, -0.15) is 0 Å². The monoisotopic (exact) mass is 356 g/mol. The third-order valence-electron chi connectivity index (χ3n) is 5.74. The summed E-state index contributed by atoms with van der Waals surface area (Å²) in [4.78, 5) is 31.0. The molecule has 140 valence electrons. The van der Waals surface area contributed by atoms with Crippen LogP contribution < -0.4 is 10.2 Å². The second-order valence-electron chi connectivity index (χ2n) is 7.63. The average Bonchev–Trinajstić information content (AvgIpc) is 3.44. The van der Waals surface area contributed by atoms with E-state index < -0.39 is 0 Å². The fourth-order valence-corrected chi connectivity index (χ4v) is 4.00. The van der Waals surface area contributed by atoms with Crippen LogP contribution in [0.25, 0.3) is 0 Å². The van der Waals surface area contributed by atoms with Crippen molar-refractivity contribution in [1.29, 1.82) is 0 Å². The zero-order chi connectivity index (χ0) is 17.9. The third-order valence-corrected chi connectivity index (χ3v) is 5.74. The molecule has 26 heavy (non-hydrogen) atoms. The Morgan fingerprint density at radius 3 is 2.50 bits per heavy atom. The molecule has 1 saturated carbocycles. The lowest BCUT2D eigenvalue weighted by molar-refractivity contribution is -0.129. The number of hydrogen-bond donors (Lipinski definition) is 1. The van der Waals surface area contributed by atoms with E-state index in [9.17, 15) is 9.59 Å². The summed E-state index contributed by atoms with van der Waals surface area (Å²) in [7, 11) is 0. The molecular weight excluding hydrogens is 328 g/mol. The third kappa shape index (κ3) is 4.01. The number of para-hydroxylation sites is 1. The van der Waals surface area contributed by atoms with Crippen molar-refractivity contribution in [2.75, 3.05) is 50.7 Å². The Balaban J connectivity index is 1.15. The molecule has 2 amide bonds. The molecule has 6 nitrogen and oxygen atoms in total. The van der Waals surface area contributed by atoms with Gasteiger partial charge in [-0.25, -0.2) is 0 Å². The zero-order valence-electron chi connectivity index (χ0n) is 15.3. The van der Waals surface area contributed by atoms with Gasteiger partial charge in [-0.05, 0) is 25.0 Å². The summed E-state index contributed by atoms with van der Waals surface area (Å²) in [5.41, 5.74) is 1.28. The number of hydrogen-bond acceptors (Lipinski definition) is 4. The van der Waals surface area contributed by atoms with Crippen molar-refractivity contribution in [1.82, 2.24) is 15.1 Å². The minimum atomic E-state index is -0.155. The Labute approximate surface area is 155 Å². The molecule has 1 aromatic carbocycles. The van der Waals surface area contributed by atoms with Crippen LogP contribution in [-0.4, -0.2) is 73.5 Å². The van der Waals surface area contributed by atoms with Gasteiger partial charge in [0.2, 0.25) is 11.8 Å². The van der Waals surface area contributed by atoms with Gasteiger partial charge in [0.05, 0.1) is 5.92 Å². The first-order chi connectivity index (χ1) is 12.7. The number of nitrogens with zero attached hydrogens (tertiary/aromatic N) is 3. The van der Waals surface area contributed by atoms with Crippen molar-refractivity contribution >= 4 is 17.5 Å². The lowest BCUT2D eigenvalue weighted by atomic mass is 10.1. The van der Waals surface area contributed by atoms with Gasteiger partial charge in [0, 0.05) is 64.0 Å². The van der Waals surface area contributed by atoms with E-state index in [-0.39, 0.29) is 17.7 Å². The number of rotatable bonds is 6. The Morgan fingerprint density at radius 1 is 1.08 bits per heavy atom. The number of anilines is 1. The molecule has 1 aromatic rings. The summed E-state index contributed by atoms with van der Waals surface area (Å²) in [5.74, 6) is 0.0483. The predicted octanol–water partition coefficient (Wildman–Crippen LogP) is 0.936. The van der Waals surface area contributed by atoms with Gasteiger partial charge in [0.25, 0.3) is 0 Å². The van der Waals surface area contributed by atoms with E-state index in [0.717, 1.165) is 45.6 Å². The average molecular weight is 356 g/mol. The van der Waals surface area contributed by atoms with Gasteiger partial charge < -0.3 is 15.1 Å². The van der Waals surface area contributed by atoms with Crippen LogP contribution in [0.5, 0.6) is 0 Å². The molecule has 2 heterocycles. The lowest BCUT2D eigenvalue weighted by Crippen LogP contribution is -2.48. The van der Waals surface area contributed by atoms with E-state index >= 15 is 0 Å². The van der Waals surface area contributed by atoms with Crippen LogP contribution in [0.3, 0.4) is 0 Å². The maximum Gasteiger partial charge on any atom is 0.225 e. The first-order valence-corrected chi connectivity index (χ1v) is 9.80. The number of carbonyl (C=O) groups is 2. The lowest BCUT2D eigenvalue weighted by Gasteiger charge is -2.36. The maximum atomic E-state index is 12.3. The Morgan fingerprint density at radius 2 is 1.81 bits per heavy atom. The molecule has 4 rings (SSSR count). The molecule has 2 aliphatic heterocycles. The van der Waals surface area contributed by atoms with Gasteiger partial charge in [-0.15, -0.1) is 0 Å². The number of amides is 2. The smallest absolute Gasteiger partial charge is 0.225 e. The van der Waals surface area contributed by atoms with Crippen molar-refractivity contribution in [3.63, 3.8) is 0 Å². The van der Waals surface area contributed by atoms with Crippen LogP contribution in [-0.2, 0) is 9.59 Å². The standard InChI is InChI=1S/C20H28N4O2/c25-19-14-16(15-24(19)18-6-7-18)20(26)21-8-9-22-10-12-23(13-11-22)17-4-2-1-3-5-17/h1-5,16,18H,6-15H2,(H,21,26)/t16-/m1/s1. The van der Waals surface area contributed by atoms with Crippen LogP contribution in [0.4, 0.5) is 5.69 Å². The second-order valence-corrected chi connectivity index (χ2v) is 7.63. The van der Waals surface area contributed by atoms with Crippen molar-refractivity contribution in [2.45, 2.75) is 25.3 Å². The molecule has 1 aliphatic carbocycles. The van der Waals surface area contributed by atoms with Gasteiger partial charge >= 0.3 is 0 Å². The molecule has 0 bridgehead atoms. The number of carbonyl (C=O) groups excluding carboxylic acids is 2. The highest BCUT2D eigenvalue weighted by atomic mass is 16.2.